The van der Waals surface area contributed by atoms with E-state index < -0.39 is 17.9 Å². The Morgan fingerprint density at radius 1 is 0.842 bits per heavy atom. The standard InChI is InChI=1S/C29H31ClN2O6/c1-4-37-23-14-10-21(11-15-23)31(28(34)25-8-6-7-9-26(25)30)19-18-27(33)32(20(3)29(35)36)22-12-16-24(17-13-22)38-5-2/h6-17,20H,4-5,18-19H2,1-3H3,(H,35,36). The SMILES string of the molecule is CCOc1ccc(N(CCC(=O)N(c2ccc(OCC)cc2)C(C)C(=O)O)C(=O)c2ccccc2Cl)cc1. The highest BCUT2D eigenvalue weighted by atomic mass is 35.5. The molecule has 0 radical (unpaired) electrons. The Balaban J connectivity index is 1.90. The number of halogens is 1. The lowest BCUT2D eigenvalue weighted by Gasteiger charge is -2.29. The molecule has 0 bridgehead atoms. The fourth-order valence-electron chi connectivity index (χ4n) is 3.91. The van der Waals surface area contributed by atoms with E-state index in [1.807, 2.05) is 13.8 Å². The number of hydrogen-bond donors (Lipinski definition) is 1. The molecule has 1 N–H and O–H groups in total. The summed E-state index contributed by atoms with van der Waals surface area (Å²) in [5.74, 6) is -0.728. The molecule has 3 aromatic carbocycles. The van der Waals surface area contributed by atoms with Crippen LogP contribution in [-0.4, -0.2) is 48.7 Å². The van der Waals surface area contributed by atoms with Crippen molar-refractivity contribution in [1.29, 1.82) is 0 Å². The van der Waals surface area contributed by atoms with Crippen molar-refractivity contribution < 1.29 is 29.0 Å². The minimum Gasteiger partial charge on any atom is -0.494 e. The van der Waals surface area contributed by atoms with Crippen LogP contribution in [0.3, 0.4) is 0 Å². The number of benzene rings is 3. The number of ether oxygens (including phenoxy) is 2. The number of aliphatic carboxylic acids is 1. The van der Waals surface area contributed by atoms with Gasteiger partial charge < -0.3 is 19.5 Å². The molecule has 0 aromatic heterocycles. The lowest BCUT2D eigenvalue weighted by Crippen LogP contribution is -2.45. The van der Waals surface area contributed by atoms with Gasteiger partial charge in [0.1, 0.15) is 17.5 Å². The van der Waals surface area contributed by atoms with Crippen molar-refractivity contribution in [2.24, 2.45) is 0 Å². The van der Waals surface area contributed by atoms with Gasteiger partial charge in [-0.2, -0.15) is 0 Å². The van der Waals surface area contributed by atoms with Gasteiger partial charge in [-0.1, -0.05) is 23.7 Å². The first-order valence-electron chi connectivity index (χ1n) is 12.3. The molecular weight excluding hydrogens is 508 g/mol. The molecular formula is C29H31ClN2O6. The van der Waals surface area contributed by atoms with Crippen LogP contribution in [0.25, 0.3) is 0 Å². The smallest absolute Gasteiger partial charge is 0.326 e. The number of nitrogens with zero attached hydrogens (tertiary/aromatic N) is 2. The van der Waals surface area contributed by atoms with Crippen molar-refractivity contribution in [1.82, 2.24) is 0 Å². The van der Waals surface area contributed by atoms with E-state index in [-0.39, 0.29) is 29.5 Å². The van der Waals surface area contributed by atoms with Crippen molar-refractivity contribution >= 4 is 40.8 Å². The molecule has 0 aliphatic carbocycles. The maximum atomic E-state index is 13.5. The van der Waals surface area contributed by atoms with Crippen LogP contribution in [0.2, 0.25) is 5.02 Å². The van der Waals surface area contributed by atoms with Crippen molar-refractivity contribution in [3.63, 3.8) is 0 Å². The van der Waals surface area contributed by atoms with Gasteiger partial charge in [-0.15, -0.1) is 0 Å². The molecule has 200 valence electrons. The van der Waals surface area contributed by atoms with E-state index in [0.717, 1.165) is 0 Å². The summed E-state index contributed by atoms with van der Waals surface area (Å²) in [6.45, 7) is 6.15. The van der Waals surface area contributed by atoms with Crippen molar-refractivity contribution in [2.45, 2.75) is 33.2 Å². The molecule has 1 atom stereocenters. The highest BCUT2D eigenvalue weighted by Crippen LogP contribution is 2.26. The summed E-state index contributed by atoms with van der Waals surface area (Å²) in [5, 5.41) is 9.97. The van der Waals surface area contributed by atoms with Crippen LogP contribution < -0.4 is 19.3 Å². The number of carboxylic acids is 1. The summed E-state index contributed by atoms with van der Waals surface area (Å²) in [6, 6.07) is 19.1. The molecule has 0 saturated heterocycles. The molecule has 8 nitrogen and oxygen atoms in total. The van der Waals surface area contributed by atoms with Gasteiger partial charge in [-0.3, -0.25) is 14.5 Å². The predicted molar refractivity (Wildman–Crippen MR) is 148 cm³/mol. The average Bonchev–Trinajstić information content (AvgIpc) is 2.91. The Bertz CT molecular complexity index is 1250. The summed E-state index contributed by atoms with van der Waals surface area (Å²) < 4.78 is 11.0. The van der Waals surface area contributed by atoms with Crippen LogP contribution in [0, 0.1) is 0 Å². The fourth-order valence-corrected chi connectivity index (χ4v) is 4.13. The van der Waals surface area contributed by atoms with Crippen LogP contribution in [0.4, 0.5) is 11.4 Å². The Morgan fingerprint density at radius 3 is 1.87 bits per heavy atom. The normalized spacial score (nSPS) is 11.4. The summed E-state index contributed by atoms with van der Waals surface area (Å²) in [4.78, 5) is 41.5. The lowest BCUT2D eigenvalue weighted by molar-refractivity contribution is -0.139. The van der Waals surface area contributed by atoms with Crippen LogP contribution in [-0.2, 0) is 9.59 Å². The van der Waals surface area contributed by atoms with Crippen LogP contribution in [0.5, 0.6) is 11.5 Å². The van der Waals surface area contributed by atoms with Crippen LogP contribution in [0.15, 0.2) is 72.8 Å². The number of carbonyl (C=O) groups excluding carboxylic acids is 2. The molecule has 0 fully saturated rings. The van der Waals surface area contributed by atoms with Crippen LogP contribution in [0.1, 0.15) is 37.6 Å². The molecule has 2 amide bonds. The number of amides is 2. The van der Waals surface area contributed by atoms with E-state index in [4.69, 9.17) is 21.1 Å². The van der Waals surface area contributed by atoms with Crippen molar-refractivity contribution in [2.75, 3.05) is 29.6 Å². The summed E-state index contributed by atoms with van der Waals surface area (Å²) in [5.41, 5.74) is 1.25. The predicted octanol–water partition coefficient (Wildman–Crippen LogP) is 5.68. The Labute approximate surface area is 227 Å². The zero-order chi connectivity index (χ0) is 27.7. The third kappa shape index (κ3) is 7.04. The second kappa shape index (κ2) is 13.5. The number of carbonyl (C=O) groups is 3. The van der Waals surface area contributed by atoms with Gasteiger partial charge in [0, 0.05) is 24.3 Å². The van der Waals surface area contributed by atoms with Crippen molar-refractivity contribution in [3.05, 3.63) is 83.4 Å². The first kappa shape index (κ1) is 28.5. The second-order valence-electron chi connectivity index (χ2n) is 8.32. The van der Waals surface area contributed by atoms with Gasteiger partial charge >= 0.3 is 5.97 Å². The van der Waals surface area contributed by atoms with E-state index in [0.29, 0.717) is 36.1 Å². The topological polar surface area (TPSA) is 96.4 Å². The Hall–Kier alpha value is -4.04. The Morgan fingerprint density at radius 2 is 1.37 bits per heavy atom. The average molecular weight is 539 g/mol. The molecule has 9 heteroatoms. The van der Waals surface area contributed by atoms with Gasteiger partial charge in [-0.05, 0) is 81.4 Å². The highest BCUT2D eigenvalue weighted by Gasteiger charge is 2.29. The number of rotatable bonds is 12. The second-order valence-corrected chi connectivity index (χ2v) is 8.73. The monoisotopic (exact) mass is 538 g/mol. The Kier molecular flexibility index (Phi) is 10.1. The van der Waals surface area contributed by atoms with Gasteiger partial charge in [0.2, 0.25) is 5.91 Å². The van der Waals surface area contributed by atoms with Gasteiger partial charge in [0.15, 0.2) is 0 Å². The molecule has 0 saturated carbocycles. The van der Waals surface area contributed by atoms with Gasteiger partial charge in [0.05, 0.1) is 23.8 Å². The molecule has 0 spiro atoms. The summed E-state index contributed by atoms with van der Waals surface area (Å²) >= 11 is 6.30. The van der Waals surface area contributed by atoms with Gasteiger partial charge in [-0.25, -0.2) is 4.79 Å². The lowest BCUT2D eigenvalue weighted by atomic mass is 10.1. The minimum absolute atomic E-state index is 0.00323. The van der Waals surface area contributed by atoms with E-state index in [2.05, 4.69) is 0 Å². The quantitative estimate of drug-likeness (QED) is 0.319. The molecule has 3 rings (SSSR count). The third-order valence-corrected chi connectivity index (χ3v) is 6.13. The summed E-state index contributed by atoms with van der Waals surface area (Å²) in [6.07, 6.45) is -0.131. The largest absolute Gasteiger partial charge is 0.494 e. The summed E-state index contributed by atoms with van der Waals surface area (Å²) in [7, 11) is 0. The van der Waals surface area contributed by atoms with Crippen molar-refractivity contribution in [3.8, 4) is 11.5 Å². The minimum atomic E-state index is -1.15. The maximum absolute atomic E-state index is 13.5. The first-order chi connectivity index (χ1) is 18.3. The molecule has 0 heterocycles. The number of anilines is 2. The molecule has 1 unspecified atom stereocenters. The maximum Gasteiger partial charge on any atom is 0.326 e. The number of carboxylic acid groups (broad SMARTS) is 1. The van der Waals surface area contributed by atoms with Gasteiger partial charge in [0.25, 0.3) is 5.91 Å². The zero-order valence-electron chi connectivity index (χ0n) is 21.6. The molecule has 0 aliphatic heterocycles. The fraction of sp³-hybridized carbons (Fsp3) is 0.276. The highest BCUT2D eigenvalue weighted by molar-refractivity contribution is 6.34. The van der Waals surface area contributed by atoms with E-state index in [1.165, 1.54) is 16.7 Å². The van der Waals surface area contributed by atoms with E-state index >= 15 is 0 Å². The molecule has 3 aromatic rings. The third-order valence-electron chi connectivity index (χ3n) is 5.80. The van der Waals surface area contributed by atoms with E-state index in [1.54, 1.807) is 72.8 Å². The molecule has 38 heavy (non-hydrogen) atoms. The zero-order valence-corrected chi connectivity index (χ0v) is 22.4. The van der Waals surface area contributed by atoms with E-state index in [9.17, 15) is 19.5 Å². The molecule has 0 aliphatic rings. The van der Waals surface area contributed by atoms with Crippen LogP contribution >= 0.6 is 11.6 Å². The first-order valence-corrected chi connectivity index (χ1v) is 12.7. The number of hydrogen-bond acceptors (Lipinski definition) is 5.